The van der Waals surface area contributed by atoms with Crippen LogP contribution < -0.4 is 15.4 Å². The number of nitrogens with zero attached hydrogens (tertiary/aromatic N) is 2. The van der Waals surface area contributed by atoms with E-state index < -0.39 is 36.2 Å². The maximum absolute atomic E-state index is 13.6. The lowest BCUT2D eigenvalue weighted by Gasteiger charge is -2.21. The number of hydrogen-bond acceptors (Lipinski definition) is 7. The Morgan fingerprint density at radius 1 is 0.755 bits per heavy atom. The summed E-state index contributed by atoms with van der Waals surface area (Å²) >= 11 is 0. The summed E-state index contributed by atoms with van der Waals surface area (Å²) < 4.78 is 5.89. The van der Waals surface area contributed by atoms with Crippen molar-refractivity contribution in [2.75, 3.05) is 13.7 Å². The van der Waals surface area contributed by atoms with Crippen LogP contribution in [0.2, 0.25) is 0 Å². The lowest BCUT2D eigenvalue weighted by atomic mass is 9.85. The molecule has 3 aromatic carbocycles. The Morgan fingerprint density at radius 3 is 1.96 bits per heavy atom. The van der Waals surface area contributed by atoms with Crippen molar-refractivity contribution in [2.45, 2.75) is 90.5 Å². The zero-order valence-electron chi connectivity index (χ0n) is 31.5. The van der Waals surface area contributed by atoms with Crippen LogP contribution in [0.5, 0.6) is 5.75 Å². The van der Waals surface area contributed by atoms with Gasteiger partial charge in [-0.1, -0.05) is 114 Å². The van der Waals surface area contributed by atoms with Crippen LogP contribution in [0.15, 0.2) is 85.2 Å². The predicted molar refractivity (Wildman–Crippen MR) is 207 cm³/mol. The van der Waals surface area contributed by atoms with Crippen molar-refractivity contribution in [3.8, 4) is 28.3 Å². The summed E-state index contributed by atoms with van der Waals surface area (Å²) in [6.07, 6.45) is 8.98. The van der Waals surface area contributed by atoms with Gasteiger partial charge in [0.05, 0.1) is 13.0 Å². The minimum absolute atomic E-state index is 0.0864. The zero-order valence-corrected chi connectivity index (χ0v) is 31.5. The van der Waals surface area contributed by atoms with Gasteiger partial charge in [-0.15, -0.1) is 0 Å². The van der Waals surface area contributed by atoms with Gasteiger partial charge in [-0.3, -0.25) is 19.2 Å². The van der Waals surface area contributed by atoms with E-state index in [2.05, 4.69) is 48.3 Å². The summed E-state index contributed by atoms with van der Waals surface area (Å²) in [5, 5.41) is 14.3. The molecule has 0 bridgehead atoms. The van der Waals surface area contributed by atoms with Crippen molar-refractivity contribution in [2.24, 2.45) is 5.92 Å². The quantitative estimate of drug-likeness (QED) is 0.0663. The molecule has 1 aromatic heterocycles. The van der Waals surface area contributed by atoms with Crippen LogP contribution in [0.25, 0.3) is 22.5 Å². The first-order chi connectivity index (χ1) is 25.4. The Labute approximate surface area is 312 Å². The number of ketones is 1. The second-order valence-corrected chi connectivity index (χ2v) is 14.4. The smallest absolute Gasteiger partial charge is 0.305 e. The third kappa shape index (κ3) is 12.4. The number of carboxylic acids is 1. The molecule has 0 aliphatic rings. The second-order valence-electron chi connectivity index (χ2n) is 14.4. The predicted octanol–water partition coefficient (Wildman–Crippen LogP) is 7.59. The molecular weight excluding hydrogens is 668 g/mol. The van der Waals surface area contributed by atoms with Gasteiger partial charge >= 0.3 is 5.97 Å². The molecule has 0 aliphatic carbocycles. The van der Waals surface area contributed by atoms with E-state index >= 15 is 0 Å². The molecule has 0 saturated heterocycles. The first-order valence-corrected chi connectivity index (χ1v) is 18.4. The van der Waals surface area contributed by atoms with Crippen LogP contribution in [0.1, 0.15) is 94.1 Å². The Kier molecular flexibility index (Phi) is 14.8. The fraction of sp³-hybridized carbons (Fsp3) is 0.395. The van der Waals surface area contributed by atoms with Gasteiger partial charge in [0.2, 0.25) is 11.8 Å². The molecular formula is C43H52N4O6. The fourth-order valence-corrected chi connectivity index (χ4v) is 5.94. The summed E-state index contributed by atoms with van der Waals surface area (Å²) in [6.45, 7) is 9.18. The largest absolute Gasteiger partial charge is 0.494 e. The van der Waals surface area contributed by atoms with Crippen LogP contribution >= 0.6 is 0 Å². The topological polar surface area (TPSA) is 148 Å². The number of unbranched alkanes of at least 4 members (excludes halogenated alkanes) is 4. The molecule has 280 valence electrons. The minimum atomic E-state index is -1.28. The molecule has 2 atom stereocenters. The number of rotatable bonds is 19. The van der Waals surface area contributed by atoms with Crippen molar-refractivity contribution in [1.29, 1.82) is 0 Å². The Hall–Kier alpha value is -5.38. The molecule has 1 heterocycles. The average Bonchev–Trinajstić information content (AvgIpc) is 3.15. The number of carbonyl (C=O) groups excluding carboxylic acids is 3. The number of ether oxygens (including phenoxy) is 1. The van der Waals surface area contributed by atoms with E-state index in [1.165, 1.54) is 32.7 Å². The molecule has 4 rings (SSSR count). The number of Topliss-reactive ketones (excluding diaryl/α,β-unsaturated/α-hetero) is 1. The van der Waals surface area contributed by atoms with Gasteiger partial charge in [0.15, 0.2) is 11.6 Å². The number of carboxylic acid groups (broad SMARTS) is 1. The Bertz CT molecular complexity index is 1800. The number of likely N-dealkylation sites (N-methyl/N-ethyl adjacent to an activating group) is 1. The molecule has 10 nitrogen and oxygen atoms in total. The number of carbonyl (C=O) groups is 4. The van der Waals surface area contributed by atoms with E-state index in [-0.39, 0.29) is 24.0 Å². The summed E-state index contributed by atoms with van der Waals surface area (Å²) in [5.41, 5.74) is 4.87. The average molecular weight is 721 g/mol. The summed E-state index contributed by atoms with van der Waals surface area (Å²) in [6, 6.07) is 21.4. The summed E-state index contributed by atoms with van der Waals surface area (Å²) in [5.74, 6) is -2.17. The number of benzene rings is 3. The van der Waals surface area contributed by atoms with Crippen LogP contribution in [-0.2, 0) is 26.2 Å². The molecule has 53 heavy (non-hydrogen) atoms. The van der Waals surface area contributed by atoms with Gasteiger partial charge in [0.1, 0.15) is 11.8 Å². The summed E-state index contributed by atoms with van der Waals surface area (Å²) in [4.78, 5) is 60.1. The third-order valence-electron chi connectivity index (χ3n) is 9.18. The van der Waals surface area contributed by atoms with E-state index in [1.54, 1.807) is 24.5 Å². The van der Waals surface area contributed by atoms with Crippen molar-refractivity contribution in [3.63, 3.8) is 0 Å². The second kappa shape index (κ2) is 19.5. The van der Waals surface area contributed by atoms with E-state index in [9.17, 15) is 24.3 Å². The third-order valence-corrected chi connectivity index (χ3v) is 9.18. The number of nitrogens with one attached hydrogen (secondary N) is 2. The summed E-state index contributed by atoms with van der Waals surface area (Å²) in [7, 11) is 1.37. The number of aromatic nitrogens is 2. The highest BCUT2D eigenvalue weighted by atomic mass is 16.5. The van der Waals surface area contributed by atoms with Crippen LogP contribution in [0, 0.1) is 5.92 Å². The highest BCUT2D eigenvalue weighted by molar-refractivity contribution is 5.99. The van der Waals surface area contributed by atoms with Gasteiger partial charge < -0.3 is 20.5 Å². The fourth-order valence-electron chi connectivity index (χ4n) is 5.94. The van der Waals surface area contributed by atoms with Gasteiger partial charge in [-0.05, 0) is 47.1 Å². The zero-order chi connectivity index (χ0) is 38.4. The normalized spacial score (nSPS) is 12.4. The first kappa shape index (κ1) is 40.4. The van der Waals surface area contributed by atoms with Gasteiger partial charge in [0, 0.05) is 48.5 Å². The van der Waals surface area contributed by atoms with Crippen LogP contribution in [0.3, 0.4) is 0 Å². The molecule has 4 aromatic rings. The Morgan fingerprint density at radius 2 is 1.38 bits per heavy atom. The minimum Gasteiger partial charge on any atom is -0.494 e. The number of amides is 2. The van der Waals surface area contributed by atoms with Gasteiger partial charge in [-0.25, -0.2) is 9.97 Å². The van der Waals surface area contributed by atoms with Crippen molar-refractivity contribution < 1.29 is 29.0 Å². The standard InChI is InChI=1S/C43H52N4O6/c1-6-7-8-9-10-23-53-36-21-17-30(18-22-36)34-27-45-40(46-28-34)32-13-11-29(12-14-32)24-33(41(51)47-37(26-39(49)50)42(52)44-5)25-38(48)31-15-19-35(20-16-31)43(2,3)4/h11-22,27-28,33,37H,6-10,23-26H2,1-5H3,(H,44,52)(H,47,51)(H,49,50)/t33-,37-/m1/s1. The molecule has 0 spiro atoms. The van der Waals surface area contributed by atoms with Gasteiger partial charge in [0.25, 0.3) is 0 Å². The highest BCUT2D eigenvalue weighted by Gasteiger charge is 2.29. The lowest BCUT2D eigenvalue weighted by Crippen LogP contribution is -2.49. The van der Waals surface area contributed by atoms with Gasteiger partial charge in [-0.2, -0.15) is 0 Å². The molecule has 0 unspecified atom stereocenters. The number of aliphatic carboxylic acids is 1. The molecule has 0 saturated carbocycles. The van der Waals surface area contributed by atoms with E-state index in [1.807, 2.05) is 60.7 Å². The lowest BCUT2D eigenvalue weighted by molar-refractivity contribution is -0.140. The first-order valence-electron chi connectivity index (χ1n) is 18.4. The van der Waals surface area contributed by atoms with E-state index in [0.29, 0.717) is 18.0 Å². The van der Waals surface area contributed by atoms with E-state index in [4.69, 9.17) is 4.74 Å². The maximum Gasteiger partial charge on any atom is 0.305 e. The molecule has 3 N–H and O–H groups in total. The molecule has 2 amide bonds. The Balaban J connectivity index is 1.45. The molecule has 0 aliphatic heterocycles. The van der Waals surface area contributed by atoms with Crippen molar-refractivity contribution >= 4 is 23.6 Å². The van der Waals surface area contributed by atoms with Crippen LogP contribution in [-0.4, -0.2) is 58.3 Å². The molecule has 0 fully saturated rings. The molecule has 0 radical (unpaired) electrons. The monoisotopic (exact) mass is 720 g/mol. The maximum atomic E-state index is 13.6. The molecule has 10 heteroatoms. The van der Waals surface area contributed by atoms with Crippen LogP contribution in [0.4, 0.5) is 0 Å². The SMILES string of the molecule is CCCCCCCOc1ccc(-c2cnc(-c3ccc(C[C@H](CC(=O)c4ccc(C(C)(C)C)cc4)C(=O)N[C@H](CC(=O)O)C(=O)NC)cc3)nc2)cc1. The van der Waals surface area contributed by atoms with E-state index in [0.717, 1.165) is 40.0 Å². The number of hydrogen-bond donors (Lipinski definition) is 3. The highest BCUT2D eigenvalue weighted by Crippen LogP contribution is 2.26. The van der Waals surface area contributed by atoms with Crippen molar-refractivity contribution in [3.05, 3.63) is 102 Å². The van der Waals surface area contributed by atoms with Crippen molar-refractivity contribution in [1.82, 2.24) is 20.6 Å².